The lowest BCUT2D eigenvalue weighted by molar-refractivity contribution is -0.157. The number of carboxylic acid groups (broad SMARTS) is 1. The van der Waals surface area contributed by atoms with E-state index in [4.69, 9.17) is 9.47 Å². The van der Waals surface area contributed by atoms with Crippen LogP contribution in [-0.4, -0.2) is 55.3 Å². The summed E-state index contributed by atoms with van der Waals surface area (Å²) in [6, 6.07) is 1.75. The van der Waals surface area contributed by atoms with Crippen LogP contribution in [0.3, 0.4) is 0 Å². The van der Waals surface area contributed by atoms with Gasteiger partial charge >= 0.3 is 5.97 Å². The molecule has 0 aromatic carbocycles. The number of nitrogens with zero attached hydrogens (tertiary/aromatic N) is 1. The monoisotopic (exact) mass is 311 g/mol. The van der Waals surface area contributed by atoms with Crippen molar-refractivity contribution < 1.29 is 24.2 Å². The van der Waals surface area contributed by atoms with E-state index in [2.05, 4.69) is 0 Å². The summed E-state index contributed by atoms with van der Waals surface area (Å²) >= 11 is 1.31. The topological polar surface area (TPSA) is 76.1 Å². The minimum absolute atomic E-state index is 0.140. The number of carbonyl (C=O) groups is 2. The van der Waals surface area contributed by atoms with Crippen LogP contribution in [0.4, 0.5) is 0 Å². The van der Waals surface area contributed by atoms with E-state index in [0.717, 1.165) is 0 Å². The highest BCUT2D eigenvalue weighted by Crippen LogP contribution is 2.43. The van der Waals surface area contributed by atoms with E-state index in [0.29, 0.717) is 36.8 Å². The predicted octanol–water partition coefficient (Wildman–Crippen LogP) is 1.32. The third-order valence-electron chi connectivity index (χ3n) is 4.46. The first-order valence-electron chi connectivity index (χ1n) is 6.80. The van der Waals surface area contributed by atoms with E-state index < -0.39 is 11.4 Å². The van der Waals surface area contributed by atoms with E-state index in [1.807, 2.05) is 0 Å². The Morgan fingerprint density at radius 3 is 3.05 bits per heavy atom. The van der Waals surface area contributed by atoms with Crippen LogP contribution in [0.5, 0.6) is 5.75 Å². The Labute approximate surface area is 126 Å². The first-order chi connectivity index (χ1) is 10.1. The van der Waals surface area contributed by atoms with Crippen LogP contribution in [0.1, 0.15) is 16.1 Å². The molecule has 0 bridgehead atoms. The molecule has 1 N–H and O–H groups in total. The molecule has 0 saturated carbocycles. The number of aliphatic carboxylic acids is 1. The fourth-order valence-corrected chi connectivity index (χ4v) is 4.04. The Hall–Kier alpha value is -1.60. The lowest BCUT2D eigenvalue weighted by atomic mass is 9.74. The molecule has 0 radical (unpaired) electrons. The van der Waals surface area contributed by atoms with E-state index in [1.54, 1.807) is 16.3 Å². The fourth-order valence-electron chi connectivity index (χ4n) is 3.21. The molecule has 2 aliphatic heterocycles. The van der Waals surface area contributed by atoms with Gasteiger partial charge in [0.2, 0.25) is 0 Å². The molecule has 2 aliphatic rings. The van der Waals surface area contributed by atoms with Gasteiger partial charge in [-0.2, -0.15) is 0 Å². The minimum Gasteiger partial charge on any atom is -0.495 e. The van der Waals surface area contributed by atoms with E-state index >= 15 is 0 Å². The number of hydrogen-bond donors (Lipinski definition) is 1. The second-order valence-electron chi connectivity index (χ2n) is 5.49. The summed E-state index contributed by atoms with van der Waals surface area (Å²) < 4.78 is 10.6. The van der Waals surface area contributed by atoms with Crippen LogP contribution in [0, 0.1) is 11.3 Å². The molecule has 21 heavy (non-hydrogen) atoms. The van der Waals surface area contributed by atoms with Crippen LogP contribution in [0.15, 0.2) is 11.4 Å². The van der Waals surface area contributed by atoms with Crippen LogP contribution in [0.2, 0.25) is 0 Å². The number of amides is 1. The normalized spacial score (nSPS) is 28.2. The Balaban J connectivity index is 1.85. The maximum absolute atomic E-state index is 12.6. The highest BCUT2D eigenvalue weighted by atomic mass is 32.1. The molecule has 3 heterocycles. The molecule has 3 rings (SSSR count). The molecule has 0 spiro atoms. The number of hydrogen-bond acceptors (Lipinski definition) is 5. The molecule has 6 nitrogen and oxygen atoms in total. The van der Waals surface area contributed by atoms with Crippen molar-refractivity contribution in [3.8, 4) is 5.75 Å². The average molecular weight is 311 g/mol. The molecule has 2 atom stereocenters. The number of likely N-dealkylation sites (tertiary alicyclic amines) is 1. The van der Waals surface area contributed by atoms with Crippen molar-refractivity contribution >= 4 is 23.2 Å². The molecular weight excluding hydrogens is 294 g/mol. The van der Waals surface area contributed by atoms with Gasteiger partial charge < -0.3 is 19.5 Å². The van der Waals surface area contributed by atoms with Gasteiger partial charge in [-0.3, -0.25) is 9.59 Å². The predicted molar refractivity (Wildman–Crippen MR) is 75.8 cm³/mol. The van der Waals surface area contributed by atoms with Gasteiger partial charge in [0.05, 0.1) is 19.1 Å². The minimum atomic E-state index is -0.863. The van der Waals surface area contributed by atoms with Crippen LogP contribution < -0.4 is 4.74 Å². The maximum atomic E-state index is 12.6. The van der Waals surface area contributed by atoms with Crippen molar-refractivity contribution in [1.82, 2.24) is 4.90 Å². The van der Waals surface area contributed by atoms with Crippen molar-refractivity contribution in [2.24, 2.45) is 11.3 Å². The van der Waals surface area contributed by atoms with Gasteiger partial charge in [-0.25, -0.2) is 0 Å². The van der Waals surface area contributed by atoms with Gasteiger partial charge in [0.1, 0.15) is 10.6 Å². The fraction of sp³-hybridized carbons (Fsp3) is 0.571. The molecule has 0 aliphatic carbocycles. The summed E-state index contributed by atoms with van der Waals surface area (Å²) in [7, 11) is 1.52. The summed E-state index contributed by atoms with van der Waals surface area (Å²) in [6.45, 7) is 1.51. The van der Waals surface area contributed by atoms with Gasteiger partial charge in [0.25, 0.3) is 5.91 Å². The SMILES string of the molecule is COc1ccsc1C(=O)N1C[C@H]2COCC[C@@]2(C(=O)O)C1. The quantitative estimate of drug-likeness (QED) is 0.911. The van der Waals surface area contributed by atoms with Gasteiger partial charge in [0.15, 0.2) is 0 Å². The third-order valence-corrected chi connectivity index (χ3v) is 5.35. The van der Waals surface area contributed by atoms with Crippen LogP contribution >= 0.6 is 11.3 Å². The largest absolute Gasteiger partial charge is 0.495 e. The van der Waals surface area contributed by atoms with Crippen molar-refractivity contribution in [1.29, 1.82) is 0 Å². The molecule has 2 fully saturated rings. The van der Waals surface area contributed by atoms with Gasteiger partial charge in [-0.05, 0) is 17.9 Å². The van der Waals surface area contributed by atoms with Crippen molar-refractivity contribution in [3.05, 3.63) is 16.3 Å². The van der Waals surface area contributed by atoms with E-state index in [-0.39, 0.29) is 18.4 Å². The second-order valence-corrected chi connectivity index (χ2v) is 6.40. The molecule has 114 valence electrons. The number of ether oxygens (including phenoxy) is 2. The van der Waals surface area contributed by atoms with Gasteiger partial charge in [-0.1, -0.05) is 0 Å². The average Bonchev–Trinajstić information content (AvgIpc) is 3.11. The number of rotatable bonds is 3. The first kappa shape index (κ1) is 14.3. The summed E-state index contributed by atoms with van der Waals surface area (Å²) in [4.78, 5) is 26.5. The zero-order valence-electron chi connectivity index (χ0n) is 11.7. The zero-order valence-corrected chi connectivity index (χ0v) is 12.5. The lowest BCUT2D eigenvalue weighted by Crippen LogP contribution is -2.45. The molecular formula is C14H17NO5S. The Bertz CT molecular complexity index is 571. The van der Waals surface area contributed by atoms with Crippen molar-refractivity contribution in [3.63, 3.8) is 0 Å². The number of methoxy groups -OCH3 is 1. The number of fused-ring (bicyclic) bond motifs is 1. The molecule has 7 heteroatoms. The van der Waals surface area contributed by atoms with E-state index in [9.17, 15) is 14.7 Å². The second kappa shape index (κ2) is 5.31. The Kier molecular flexibility index (Phi) is 3.62. The van der Waals surface area contributed by atoms with Gasteiger partial charge in [0, 0.05) is 25.6 Å². The van der Waals surface area contributed by atoms with Crippen LogP contribution in [0.25, 0.3) is 0 Å². The smallest absolute Gasteiger partial charge is 0.311 e. The molecule has 0 unspecified atom stereocenters. The number of carbonyl (C=O) groups excluding carboxylic acids is 1. The van der Waals surface area contributed by atoms with Crippen molar-refractivity contribution in [2.75, 3.05) is 33.4 Å². The highest BCUT2D eigenvalue weighted by molar-refractivity contribution is 7.12. The highest BCUT2D eigenvalue weighted by Gasteiger charge is 2.55. The molecule has 1 aromatic heterocycles. The standard InChI is InChI=1S/C14H17NO5S/c1-19-10-2-5-21-11(10)12(16)15-6-9-7-20-4-3-14(9,8-15)13(17)18/h2,5,9H,3-4,6-8H2,1H3,(H,17,18)/t9-,14+/m0/s1. The van der Waals surface area contributed by atoms with Gasteiger partial charge in [-0.15, -0.1) is 11.3 Å². The maximum Gasteiger partial charge on any atom is 0.311 e. The third kappa shape index (κ3) is 2.20. The lowest BCUT2D eigenvalue weighted by Gasteiger charge is -2.33. The first-order valence-corrected chi connectivity index (χ1v) is 7.68. The molecule has 1 amide bonds. The zero-order chi connectivity index (χ0) is 15.0. The van der Waals surface area contributed by atoms with E-state index in [1.165, 1.54) is 18.4 Å². The Morgan fingerprint density at radius 2 is 2.38 bits per heavy atom. The summed E-state index contributed by atoms with van der Waals surface area (Å²) in [6.07, 6.45) is 0.457. The number of thiophene rings is 1. The summed E-state index contributed by atoms with van der Waals surface area (Å²) in [5, 5.41) is 11.4. The molecule has 2 saturated heterocycles. The van der Waals surface area contributed by atoms with Crippen LogP contribution in [-0.2, 0) is 9.53 Å². The molecule has 1 aromatic rings. The number of carboxylic acids is 1. The van der Waals surface area contributed by atoms with Crippen molar-refractivity contribution in [2.45, 2.75) is 6.42 Å². The summed E-state index contributed by atoms with van der Waals surface area (Å²) in [5.41, 5.74) is -0.863. The Morgan fingerprint density at radius 1 is 1.57 bits per heavy atom. The summed E-state index contributed by atoms with van der Waals surface area (Å²) in [5.74, 6) is -0.583.